The largest absolute Gasteiger partial charge is 0.478 e. The van der Waals surface area contributed by atoms with Crippen molar-refractivity contribution in [3.05, 3.63) is 46.2 Å². The molecule has 0 radical (unpaired) electrons. The molecule has 0 aliphatic rings. The van der Waals surface area contributed by atoms with Crippen molar-refractivity contribution in [2.45, 2.75) is 13.0 Å². The van der Waals surface area contributed by atoms with Crippen molar-refractivity contribution in [1.29, 1.82) is 0 Å². The van der Waals surface area contributed by atoms with Crippen LogP contribution in [0.15, 0.2) is 29.1 Å². The molecular formula is C12H11FN2O2S. The van der Waals surface area contributed by atoms with Crippen LogP contribution in [0.5, 0.6) is 0 Å². The third-order valence-corrected chi connectivity index (χ3v) is 3.08. The highest BCUT2D eigenvalue weighted by Crippen LogP contribution is 2.21. The fraction of sp³-hybridized carbons (Fsp3) is 0.167. The summed E-state index contributed by atoms with van der Waals surface area (Å²) in [4.78, 5) is 15.0. The lowest BCUT2D eigenvalue weighted by Gasteiger charge is -2.13. The Kier molecular flexibility index (Phi) is 3.57. The zero-order valence-electron chi connectivity index (χ0n) is 9.55. The minimum atomic E-state index is -1.28. The highest BCUT2D eigenvalue weighted by Gasteiger charge is 2.13. The smallest absolute Gasteiger partial charge is 0.338 e. The summed E-state index contributed by atoms with van der Waals surface area (Å²) in [6.45, 7) is 1.90. The number of carboxylic acid groups (broad SMARTS) is 1. The Labute approximate surface area is 107 Å². The number of anilines is 1. The minimum Gasteiger partial charge on any atom is -0.478 e. The van der Waals surface area contributed by atoms with E-state index in [0.717, 1.165) is 11.8 Å². The SMILES string of the molecule is CC(Nc1ccc(F)c(C(=O)O)c1)c1cscn1. The fourth-order valence-corrected chi connectivity index (χ4v) is 2.19. The molecule has 1 heterocycles. The summed E-state index contributed by atoms with van der Waals surface area (Å²) in [7, 11) is 0. The van der Waals surface area contributed by atoms with Crippen LogP contribution in [0.2, 0.25) is 0 Å². The molecule has 0 saturated carbocycles. The monoisotopic (exact) mass is 266 g/mol. The topological polar surface area (TPSA) is 62.2 Å². The summed E-state index contributed by atoms with van der Waals surface area (Å²) in [6, 6.07) is 3.86. The molecule has 4 nitrogen and oxygen atoms in total. The highest BCUT2D eigenvalue weighted by molar-refractivity contribution is 7.07. The third kappa shape index (κ3) is 2.65. The molecule has 94 valence electrons. The van der Waals surface area contributed by atoms with Crippen molar-refractivity contribution in [2.24, 2.45) is 0 Å². The van der Waals surface area contributed by atoms with Gasteiger partial charge in [0.2, 0.25) is 0 Å². The van der Waals surface area contributed by atoms with E-state index >= 15 is 0 Å². The maximum absolute atomic E-state index is 13.2. The van der Waals surface area contributed by atoms with Gasteiger partial charge in [-0.15, -0.1) is 11.3 Å². The molecule has 18 heavy (non-hydrogen) atoms. The molecule has 0 aliphatic heterocycles. The number of nitrogens with zero attached hydrogens (tertiary/aromatic N) is 1. The van der Waals surface area contributed by atoms with Crippen LogP contribution in [0, 0.1) is 5.82 Å². The number of aromatic nitrogens is 1. The summed E-state index contributed by atoms with van der Waals surface area (Å²) >= 11 is 1.48. The number of carboxylic acids is 1. The van der Waals surface area contributed by atoms with E-state index in [1.165, 1.54) is 23.5 Å². The molecule has 2 N–H and O–H groups in total. The summed E-state index contributed by atoms with van der Waals surface area (Å²) in [6.07, 6.45) is 0. The van der Waals surface area contributed by atoms with Gasteiger partial charge >= 0.3 is 5.97 Å². The van der Waals surface area contributed by atoms with E-state index in [9.17, 15) is 9.18 Å². The molecule has 2 aromatic rings. The lowest BCUT2D eigenvalue weighted by molar-refractivity contribution is 0.0692. The normalized spacial score (nSPS) is 12.1. The summed E-state index contributed by atoms with van der Waals surface area (Å²) < 4.78 is 13.2. The van der Waals surface area contributed by atoms with Gasteiger partial charge in [-0.25, -0.2) is 14.2 Å². The number of carbonyl (C=O) groups is 1. The average Bonchev–Trinajstić information content (AvgIpc) is 2.85. The number of hydrogen-bond donors (Lipinski definition) is 2. The zero-order valence-corrected chi connectivity index (χ0v) is 10.4. The molecule has 0 spiro atoms. The first-order valence-electron chi connectivity index (χ1n) is 5.25. The number of benzene rings is 1. The quantitative estimate of drug-likeness (QED) is 0.892. The van der Waals surface area contributed by atoms with Gasteiger partial charge in [0.25, 0.3) is 0 Å². The van der Waals surface area contributed by atoms with Crippen LogP contribution in [-0.4, -0.2) is 16.1 Å². The summed E-state index contributed by atoms with van der Waals surface area (Å²) in [5, 5.41) is 13.8. The second-order valence-electron chi connectivity index (χ2n) is 3.78. The predicted octanol–water partition coefficient (Wildman–Crippen LogP) is 3.15. The maximum atomic E-state index is 13.2. The maximum Gasteiger partial charge on any atom is 0.338 e. The Morgan fingerprint density at radius 3 is 2.94 bits per heavy atom. The van der Waals surface area contributed by atoms with E-state index in [-0.39, 0.29) is 11.6 Å². The fourth-order valence-electron chi connectivity index (χ4n) is 1.54. The van der Waals surface area contributed by atoms with Gasteiger partial charge in [0.05, 0.1) is 22.8 Å². The van der Waals surface area contributed by atoms with Gasteiger partial charge in [-0.3, -0.25) is 0 Å². The van der Waals surface area contributed by atoms with E-state index in [0.29, 0.717) is 5.69 Å². The van der Waals surface area contributed by atoms with Crippen molar-refractivity contribution in [3.8, 4) is 0 Å². The van der Waals surface area contributed by atoms with Gasteiger partial charge in [0, 0.05) is 11.1 Å². The van der Waals surface area contributed by atoms with E-state index in [1.807, 2.05) is 12.3 Å². The Bertz CT molecular complexity index is 557. The van der Waals surface area contributed by atoms with Gasteiger partial charge in [0.15, 0.2) is 0 Å². The van der Waals surface area contributed by atoms with Crippen molar-refractivity contribution in [1.82, 2.24) is 4.98 Å². The second kappa shape index (κ2) is 5.14. The molecule has 0 aliphatic carbocycles. The van der Waals surface area contributed by atoms with Crippen LogP contribution in [0.1, 0.15) is 29.0 Å². The van der Waals surface area contributed by atoms with Gasteiger partial charge in [-0.1, -0.05) is 0 Å². The molecule has 2 rings (SSSR count). The van der Waals surface area contributed by atoms with Gasteiger partial charge in [-0.2, -0.15) is 0 Å². The highest BCUT2D eigenvalue weighted by atomic mass is 32.1. The summed E-state index contributed by atoms with van der Waals surface area (Å²) in [5.41, 5.74) is 2.79. The van der Waals surface area contributed by atoms with Gasteiger partial charge in [-0.05, 0) is 25.1 Å². The van der Waals surface area contributed by atoms with Crippen LogP contribution in [-0.2, 0) is 0 Å². The molecule has 6 heteroatoms. The van der Waals surface area contributed by atoms with Gasteiger partial charge < -0.3 is 10.4 Å². The first-order valence-corrected chi connectivity index (χ1v) is 6.19. The van der Waals surface area contributed by atoms with E-state index in [4.69, 9.17) is 5.11 Å². The molecule has 0 amide bonds. The van der Waals surface area contributed by atoms with Gasteiger partial charge in [0.1, 0.15) is 5.82 Å². The lowest BCUT2D eigenvalue weighted by Crippen LogP contribution is -2.08. The van der Waals surface area contributed by atoms with E-state index < -0.39 is 11.8 Å². The number of halogens is 1. The zero-order chi connectivity index (χ0) is 13.1. The summed E-state index contributed by atoms with van der Waals surface area (Å²) in [5.74, 6) is -2.02. The van der Waals surface area contributed by atoms with Crippen LogP contribution in [0.25, 0.3) is 0 Å². The minimum absolute atomic E-state index is 0.0663. The number of aromatic carboxylic acids is 1. The lowest BCUT2D eigenvalue weighted by atomic mass is 10.1. The number of hydrogen-bond acceptors (Lipinski definition) is 4. The average molecular weight is 266 g/mol. The van der Waals surface area contributed by atoms with Crippen molar-refractivity contribution >= 4 is 23.0 Å². The Morgan fingerprint density at radius 2 is 2.33 bits per heavy atom. The predicted molar refractivity (Wildman–Crippen MR) is 67.5 cm³/mol. The Hall–Kier alpha value is -1.95. The number of rotatable bonds is 4. The Balaban J connectivity index is 2.20. The van der Waals surface area contributed by atoms with Crippen molar-refractivity contribution in [2.75, 3.05) is 5.32 Å². The van der Waals surface area contributed by atoms with Crippen LogP contribution in [0.3, 0.4) is 0 Å². The number of thiazole rings is 1. The molecule has 0 fully saturated rings. The van der Waals surface area contributed by atoms with E-state index in [2.05, 4.69) is 10.3 Å². The molecule has 1 atom stereocenters. The molecule has 0 saturated heterocycles. The molecule has 1 unspecified atom stereocenters. The molecular weight excluding hydrogens is 255 g/mol. The van der Waals surface area contributed by atoms with E-state index in [1.54, 1.807) is 5.51 Å². The second-order valence-corrected chi connectivity index (χ2v) is 4.50. The first kappa shape index (κ1) is 12.5. The Morgan fingerprint density at radius 1 is 1.56 bits per heavy atom. The number of nitrogens with one attached hydrogen (secondary N) is 1. The van der Waals surface area contributed by atoms with Crippen LogP contribution < -0.4 is 5.32 Å². The standard InChI is InChI=1S/C12H11FN2O2S/c1-7(11-5-18-6-14-11)15-8-2-3-10(13)9(4-8)12(16)17/h2-7,15H,1H3,(H,16,17). The van der Waals surface area contributed by atoms with Crippen LogP contribution >= 0.6 is 11.3 Å². The van der Waals surface area contributed by atoms with Crippen molar-refractivity contribution in [3.63, 3.8) is 0 Å². The first-order chi connectivity index (χ1) is 8.58. The third-order valence-electron chi connectivity index (χ3n) is 2.48. The molecule has 0 bridgehead atoms. The van der Waals surface area contributed by atoms with Crippen LogP contribution in [0.4, 0.5) is 10.1 Å². The molecule has 1 aromatic carbocycles. The van der Waals surface area contributed by atoms with Crippen molar-refractivity contribution < 1.29 is 14.3 Å². The molecule has 1 aromatic heterocycles.